The molecular weight excluding hydrogens is 456 g/mol. The van der Waals surface area contributed by atoms with Crippen LogP contribution in [0.1, 0.15) is 11.1 Å². The number of nitrogens with zero attached hydrogens (tertiary/aromatic N) is 3. The molecule has 0 aliphatic rings. The van der Waals surface area contributed by atoms with Crippen molar-refractivity contribution in [2.75, 3.05) is 12.0 Å². The third-order valence-corrected chi connectivity index (χ3v) is 5.11. The van der Waals surface area contributed by atoms with E-state index in [2.05, 4.69) is 10.5 Å². The molecule has 35 heavy (non-hydrogen) atoms. The van der Waals surface area contributed by atoms with Crippen molar-refractivity contribution in [2.45, 2.75) is 6.92 Å². The largest absolute Gasteiger partial charge is 0.487 e. The number of non-ortho nitro benzene ring substituents is 1. The zero-order valence-corrected chi connectivity index (χ0v) is 18.3. The molecule has 0 unspecified atom stereocenters. The van der Waals surface area contributed by atoms with Crippen LogP contribution in [-0.2, 0) is 0 Å². The van der Waals surface area contributed by atoms with Gasteiger partial charge in [0.05, 0.1) is 15.9 Å². The molecule has 0 aliphatic carbocycles. The van der Waals surface area contributed by atoms with Gasteiger partial charge in [-0.15, -0.1) is 0 Å². The molecule has 1 N–H and O–H groups in total. The van der Waals surface area contributed by atoms with E-state index in [4.69, 9.17) is 9.15 Å². The van der Waals surface area contributed by atoms with Gasteiger partial charge in [-0.25, -0.2) is 4.79 Å². The van der Waals surface area contributed by atoms with Crippen LogP contribution in [0, 0.1) is 27.2 Å². The molecule has 0 saturated heterocycles. The van der Waals surface area contributed by atoms with Gasteiger partial charge >= 0.3 is 11.3 Å². The third kappa shape index (κ3) is 5.30. The Morgan fingerprint density at radius 1 is 1.00 bits per heavy atom. The Labute approximate surface area is 197 Å². The summed E-state index contributed by atoms with van der Waals surface area (Å²) < 4.78 is 11.1. The molecule has 11 nitrogen and oxygen atoms in total. The van der Waals surface area contributed by atoms with Crippen LogP contribution in [0.2, 0.25) is 0 Å². The smallest absolute Gasteiger partial charge is 0.336 e. The lowest BCUT2D eigenvalue weighted by Gasteiger charge is -2.11. The normalized spacial score (nSPS) is 11.3. The van der Waals surface area contributed by atoms with Crippen molar-refractivity contribution >= 4 is 33.7 Å². The molecule has 176 valence electrons. The zero-order chi connectivity index (χ0) is 24.9. The number of fused-ring (bicyclic) bond motifs is 1. The van der Waals surface area contributed by atoms with Crippen molar-refractivity contribution in [3.05, 3.63) is 115 Å². The second kappa shape index (κ2) is 9.83. The second-order valence-corrected chi connectivity index (χ2v) is 7.45. The van der Waals surface area contributed by atoms with E-state index < -0.39 is 26.8 Å². The molecule has 0 spiro atoms. The standard InChI is InChI=1S/C24H18N4O7/c1-15-11-24(29)35-23-13-18(8-9-19(15)23)34-14-21(16-5-3-2-4-6-16)26-25-20-10-7-17(27(30)31)12-22(20)28(32)33/h2-13,25H,14H2,1H3. The van der Waals surface area contributed by atoms with Crippen LogP contribution in [0.25, 0.3) is 11.0 Å². The fraction of sp³-hybridized carbons (Fsp3) is 0.0833. The predicted octanol–water partition coefficient (Wildman–Crippen LogP) is 4.81. The van der Waals surface area contributed by atoms with Crippen molar-refractivity contribution in [3.8, 4) is 5.75 Å². The predicted molar refractivity (Wildman–Crippen MR) is 129 cm³/mol. The van der Waals surface area contributed by atoms with E-state index in [0.29, 0.717) is 22.6 Å². The number of rotatable bonds is 8. The molecule has 1 heterocycles. The van der Waals surface area contributed by atoms with Crippen molar-refractivity contribution in [2.24, 2.45) is 5.10 Å². The minimum atomic E-state index is -0.728. The number of nitro benzene ring substituents is 2. The van der Waals surface area contributed by atoms with E-state index in [0.717, 1.165) is 23.1 Å². The van der Waals surface area contributed by atoms with Crippen LogP contribution < -0.4 is 15.8 Å². The van der Waals surface area contributed by atoms with Crippen LogP contribution in [0.5, 0.6) is 5.75 Å². The Morgan fingerprint density at radius 3 is 2.49 bits per heavy atom. The highest BCUT2D eigenvalue weighted by Gasteiger charge is 2.19. The Kier molecular flexibility index (Phi) is 6.49. The molecule has 0 atom stereocenters. The van der Waals surface area contributed by atoms with Crippen LogP contribution in [0.15, 0.2) is 87.1 Å². The molecule has 0 bridgehead atoms. The van der Waals surface area contributed by atoms with E-state index in [1.54, 1.807) is 42.5 Å². The maximum absolute atomic E-state index is 11.7. The van der Waals surface area contributed by atoms with Crippen LogP contribution in [-0.4, -0.2) is 22.2 Å². The van der Waals surface area contributed by atoms with Gasteiger partial charge in [0.2, 0.25) is 0 Å². The highest BCUT2D eigenvalue weighted by molar-refractivity contribution is 6.02. The molecule has 4 aromatic rings. The molecule has 0 aliphatic heterocycles. The topological polar surface area (TPSA) is 150 Å². The molecule has 0 amide bonds. The number of ether oxygens (including phenoxy) is 1. The van der Waals surface area contributed by atoms with Crippen molar-refractivity contribution in [1.29, 1.82) is 0 Å². The lowest BCUT2D eigenvalue weighted by Crippen LogP contribution is -2.15. The molecule has 4 rings (SSSR count). The summed E-state index contributed by atoms with van der Waals surface area (Å²) in [6.07, 6.45) is 0. The summed E-state index contributed by atoms with van der Waals surface area (Å²) in [5, 5.41) is 27.4. The summed E-state index contributed by atoms with van der Waals surface area (Å²) >= 11 is 0. The first kappa shape index (κ1) is 23.1. The first-order chi connectivity index (χ1) is 16.8. The van der Waals surface area contributed by atoms with Crippen LogP contribution in [0.4, 0.5) is 17.1 Å². The number of hydrazone groups is 1. The quantitative estimate of drug-likeness (QED) is 0.165. The van der Waals surface area contributed by atoms with E-state index in [9.17, 15) is 25.0 Å². The Bertz CT molecular complexity index is 1510. The molecule has 11 heteroatoms. The van der Waals surface area contributed by atoms with Gasteiger partial charge < -0.3 is 9.15 Å². The summed E-state index contributed by atoms with van der Waals surface area (Å²) in [6, 6.07) is 18.7. The lowest BCUT2D eigenvalue weighted by atomic mass is 10.1. The number of aryl methyl sites for hydroxylation is 1. The number of nitro groups is 2. The van der Waals surface area contributed by atoms with E-state index in [-0.39, 0.29) is 12.3 Å². The Balaban J connectivity index is 1.63. The lowest BCUT2D eigenvalue weighted by molar-refractivity contribution is -0.393. The van der Waals surface area contributed by atoms with Gasteiger partial charge in [-0.3, -0.25) is 25.7 Å². The van der Waals surface area contributed by atoms with Gasteiger partial charge in [0.25, 0.3) is 5.69 Å². The maximum Gasteiger partial charge on any atom is 0.336 e. The average molecular weight is 474 g/mol. The van der Waals surface area contributed by atoms with Crippen LogP contribution >= 0.6 is 0 Å². The highest BCUT2D eigenvalue weighted by Crippen LogP contribution is 2.29. The van der Waals surface area contributed by atoms with Crippen LogP contribution in [0.3, 0.4) is 0 Å². The van der Waals surface area contributed by atoms with E-state index in [1.807, 2.05) is 13.0 Å². The Hall–Kier alpha value is -5.06. The SMILES string of the molecule is Cc1cc(=O)oc2cc(OCC(=NNc3ccc([N+](=O)[O-])cc3[N+](=O)[O-])c3ccccc3)ccc12. The summed E-state index contributed by atoms with van der Waals surface area (Å²) in [5.74, 6) is 0.427. The molecule has 0 radical (unpaired) electrons. The number of benzene rings is 3. The monoisotopic (exact) mass is 474 g/mol. The average Bonchev–Trinajstić information content (AvgIpc) is 2.84. The highest BCUT2D eigenvalue weighted by atomic mass is 16.6. The van der Waals surface area contributed by atoms with Gasteiger partial charge in [-0.1, -0.05) is 30.3 Å². The zero-order valence-electron chi connectivity index (χ0n) is 18.3. The van der Waals surface area contributed by atoms with E-state index in [1.165, 1.54) is 12.1 Å². The van der Waals surface area contributed by atoms with Gasteiger partial charge in [0.15, 0.2) is 0 Å². The molecule has 1 aromatic heterocycles. The maximum atomic E-state index is 11.7. The number of anilines is 1. The number of hydrogen-bond donors (Lipinski definition) is 1. The first-order valence-electron chi connectivity index (χ1n) is 10.3. The molecular formula is C24H18N4O7. The minimum Gasteiger partial charge on any atom is -0.487 e. The van der Waals surface area contributed by atoms with Crippen molar-refractivity contribution < 1.29 is 19.0 Å². The number of hydrogen-bond acceptors (Lipinski definition) is 9. The minimum absolute atomic E-state index is 0.0167. The fourth-order valence-electron chi connectivity index (χ4n) is 3.36. The summed E-state index contributed by atoms with van der Waals surface area (Å²) in [5.41, 5.74) is 3.50. The third-order valence-electron chi connectivity index (χ3n) is 5.11. The summed E-state index contributed by atoms with van der Waals surface area (Å²) in [4.78, 5) is 32.6. The van der Waals surface area contributed by atoms with Gasteiger partial charge in [-0.05, 0) is 30.7 Å². The first-order valence-corrected chi connectivity index (χ1v) is 10.3. The second-order valence-electron chi connectivity index (χ2n) is 7.45. The van der Waals surface area contributed by atoms with Gasteiger partial charge in [0, 0.05) is 29.1 Å². The van der Waals surface area contributed by atoms with Crippen molar-refractivity contribution in [3.63, 3.8) is 0 Å². The number of nitrogens with one attached hydrogen (secondary N) is 1. The van der Waals surface area contributed by atoms with E-state index >= 15 is 0 Å². The Morgan fingerprint density at radius 2 is 1.77 bits per heavy atom. The summed E-state index contributed by atoms with van der Waals surface area (Å²) in [7, 11) is 0. The summed E-state index contributed by atoms with van der Waals surface area (Å²) in [6.45, 7) is 1.78. The van der Waals surface area contributed by atoms with Gasteiger partial charge in [-0.2, -0.15) is 5.10 Å². The fourth-order valence-corrected chi connectivity index (χ4v) is 3.36. The van der Waals surface area contributed by atoms with Gasteiger partial charge in [0.1, 0.15) is 29.3 Å². The molecule has 3 aromatic carbocycles. The van der Waals surface area contributed by atoms with Crippen molar-refractivity contribution in [1.82, 2.24) is 0 Å². The molecule has 0 saturated carbocycles. The molecule has 0 fully saturated rings.